The van der Waals surface area contributed by atoms with Crippen LogP contribution in [-0.4, -0.2) is 38.7 Å². The first-order valence-corrected chi connectivity index (χ1v) is 21.9. The second-order valence-corrected chi connectivity index (χ2v) is 15.7. The third-order valence-corrected chi connectivity index (χ3v) is 10.1. The van der Waals surface area contributed by atoms with Gasteiger partial charge < -0.3 is 5.73 Å². The van der Waals surface area contributed by atoms with E-state index in [1.807, 2.05) is 0 Å². The molecule has 8 nitrogen and oxygen atoms in total. The molecule has 0 saturated carbocycles. The molecule has 16 heteroatoms. The minimum atomic E-state index is -0.602. The largest absolute Gasteiger partial charge is 0.375 e. The molecule has 0 radical (unpaired) electrons. The number of thiocarbonyl (C=S) groups is 1. The summed E-state index contributed by atoms with van der Waals surface area (Å²) in [4.78, 5) is 58.8. The van der Waals surface area contributed by atoms with Gasteiger partial charge in [-0.05, 0) is 163 Å². The van der Waals surface area contributed by atoms with Crippen LogP contribution >= 0.6 is 35.4 Å². The number of ketones is 3. The first kappa shape index (κ1) is 53.7. The van der Waals surface area contributed by atoms with Gasteiger partial charge in [0.25, 0.3) is 10.5 Å². The molecule has 0 spiro atoms. The van der Waals surface area contributed by atoms with Gasteiger partial charge in [0.15, 0.2) is 22.5 Å². The number of nitrogens with one attached hydrogen (secondary N) is 1. The highest BCUT2D eigenvalue weighted by Crippen LogP contribution is 2.19. The number of hydrogen-bond donors (Lipinski definition) is 2. The molecule has 0 aliphatic rings. The van der Waals surface area contributed by atoms with E-state index in [2.05, 4.69) is 10.5 Å². The molecule has 0 fully saturated rings. The Balaban J connectivity index is 0.000000195. The average Bonchev–Trinajstić information content (AvgIpc) is 3.38. The number of carbonyl (C=O) groups excluding carboxylic acids is 5. The lowest BCUT2D eigenvalue weighted by molar-refractivity contribution is 0.102. The van der Waals surface area contributed by atoms with Crippen LogP contribution in [0.1, 0.15) is 79.6 Å². The van der Waals surface area contributed by atoms with E-state index in [1.54, 1.807) is 78.9 Å². The molecule has 8 aromatic carbocycles. The predicted octanol–water partition coefficient (Wildman–Crippen LogP) is 12.5. The predicted molar refractivity (Wildman–Crippen MR) is 268 cm³/mol. The van der Waals surface area contributed by atoms with Crippen LogP contribution in [0.5, 0.6) is 0 Å². The molecule has 3 N–H and O–H groups in total. The maximum Gasteiger partial charge on any atom is 0.252 e. The summed E-state index contributed by atoms with van der Waals surface area (Å²) in [7, 11) is 0. The standard InChI is InChI=1S/C21H15F2N3OS.C20H12F2O2.C8H4Cl2O2.C6H5F/c22-17-8-4-13(5-9-17)19(25-26-21(24)28)15-2-1-3-16(12-15)20(27)14-6-10-18(23)11-7-14;21-17-8-4-13(5-9-17)19(23)15-2-1-3-16(12-15)20(24)14-6-10-18(22)11-7-14;9-7(11)5-2-1-3-6(4-5)8(10)12;7-6-4-2-1-3-5-6/h1-12H,(H3,24,26,28);1-12H;1-4H;1-5H. The van der Waals surface area contributed by atoms with E-state index in [1.165, 1.54) is 121 Å². The van der Waals surface area contributed by atoms with E-state index < -0.39 is 27.9 Å². The number of hydrazone groups is 1. The lowest BCUT2D eigenvalue weighted by atomic mass is 9.97. The molecule has 0 atom stereocenters. The lowest BCUT2D eigenvalue weighted by Gasteiger charge is -2.10. The molecule has 8 aromatic rings. The van der Waals surface area contributed by atoms with Crippen LogP contribution in [0, 0.1) is 29.1 Å². The van der Waals surface area contributed by atoms with Gasteiger partial charge in [0.1, 0.15) is 29.1 Å². The molecule has 0 unspecified atom stereocenters. The molecule has 0 bridgehead atoms. The lowest BCUT2D eigenvalue weighted by Crippen LogP contribution is -2.26. The van der Waals surface area contributed by atoms with Crippen molar-refractivity contribution in [3.63, 3.8) is 0 Å². The SMILES string of the molecule is Fc1ccccc1.NC(=S)NN=C(c1ccc(F)cc1)c1cccc(C(=O)c2ccc(F)cc2)c1.O=C(Cl)c1cccc(C(=O)Cl)c1.O=C(c1ccc(F)cc1)c1cccc(C(=O)c2ccc(F)cc2)c1. The van der Waals surface area contributed by atoms with E-state index >= 15 is 0 Å². The van der Waals surface area contributed by atoms with Gasteiger partial charge in [-0.15, -0.1) is 0 Å². The van der Waals surface area contributed by atoms with Crippen molar-refractivity contribution in [2.75, 3.05) is 0 Å². The smallest absolute Gasteiger partial charge is 0.252 e. The fourth-order valence-corrected chi connectivity index (χ4v) is 6.39. The van der Waals surface area contributed by atoms with E-state index in [4.69, 9.17) is 41.2 Å². The van der Waals surface area contributed by atoms with Crippen LogP contribution in [0.15, 0.2) is 205 Å². The first-order chi connectivity index (χ1) is 34.0. The first-order valence-electron chi connectivity index (χ1n) is 20.7. The second-order valence-electron chi connectivity index (χ2n) is 14.5. The maximum absolute atomic E-state index is 13.3. The molecule has 356 valence electrons. The molecule has 0 aliphatic carbocycles. The zero-order chi connectivity index (χ0) is 51.5. The van der Waals surface area contributed by atoms with Crippen molar-refractivity contribution in [2.24, 2.45) is 10.8 Å². The van der Waals surface area contributed by atoms with Gasteiger partial charge in [-0.1, -0.05) is 72.8 Å². The summed E-state index contributed by atoms with van der Waals surface area (Å²) in [6, 6.07) is 48.3. The van der Waals surface area contributed by atoms with Crippen LogP contribution in [0.2, 0.25) is 0 Å². The van der Waals surface area contributed by atoms with Crippen LogP contribution in [0.4, 0.5) is 22.0 Å². The van der Waals surface area contributed by atoms with Crippen molar-refractivity contribution < 1.29 is 45.9 Å². The topological polar surface area (TPSA) is 136 Å². The molecule has 0 aromatic heterocycles. The third-order valence-electron chi connectivity index (χ3n) is 9.55. The summed E-state index contributed by atoms with van der Waals surface area (Å²) >= 11 is 15.2. The number of nitrogens with zero attached hydrogens (tertiary/aromatic N) is 1. The Labute approximate surface area is 419 Å². The monoisotopic (exact) mass is 1020 g/mol. The number of benzene rings is 8. The molecule has 0 amide bonds. The summed E-state index contributed by atoms with van der Waals surface area (Å²) in [5.74, 6) is -2.69. The minimum Gasteiger partial charge on any atom is -0.375 e. The van der Waals surface area contributed by atoms with Crippen molar-refractivity contribution in [1.82, 2.24) is 5.43 Å². The fourth-order valence-electron chi connectivity index (χ4n) is 6.11. The van der Waals surface area contributed by atoms with E-state index in [9.17, 15) is 45.9 Å². The molecule has 0 heterocycles. The van der Waals surface area contributed by atoms with Crippen molar-refractivity contribution in [3.05, 3.63) is 285 Å². The highest BCUT2D eigenvalue weighted by Gasteiger charge is 2.16. The highest BCUT2D eigenvalue weighted by molar-refractivity contribution is 7.80. The summed E-state index contributed by atoms with van der Waals surface area (Å²) < 4.78 is 64.2. The van der Waals surface area contributed by atoms with Gasteiger partial charge in [0.05, 0.1) is 5.71 Å². The average molecular weight is 1020 g/mol. The van der Waals surface area contributed by atoms with Crippen LogP contribution in [-0.2, 0) is 0 Å². The normalized spacial score (nSPS) is 10.4. The van der Waals surface area contributed by atoms with Crippen LogP contribution < -0.4 is 11.2 Å². The molecule has 8 rings (SSSR count). The zero-order valence-corrected chi connectivity index (χ0v) is 39.0. The van der Waals surface area contributed by atoms with E-state index in [-0.39, 0.29) is 45.2 Å². The van der Waals surface area contributed by atoms with Gasteiger partial charge in [0, 0.05) is 55.6 Å². The molecule has 0 saturated heterocycles. The van der Waals surface area contributed by atoms with Crippen LogP contribution in [0.3, 0.4) is 0 Å². The fraction of sp³-hybridized carbons (Fsp3) is 0. The Hall–Kier alpha value is -8.30. The molecule has 0 aliphatic heterocycles. The van der Waals surface area contributed by atoms with E-state index in [0.717, 1.165) is 0 Å². The van der Waals surface area contributed by atoms with Crippen molar-refractivity contribution in [1.29, 1.82) is 0 Å². The number of hydrogen-bond acceptors (Lipinski definition) is 7. The Morgan fingerprint density at radius 3 is 0.958 bits per heavy atom. The quantitative estimate of drug-likeness (QED) is 0.0326. The zero-order valence-electron chi connectivity index (χ0n) is 36.7. The van der Waals surface area contributed by atoms with Crippen molar-refractivity contribution in [3.8, 4) is 0 Å². The van der Waals surface area contributed by atoms with Crippen molar-refractivity contribution in [2.45, 2.75) is 0 Å². The Bertz CT molecular complexity index is 3100. The van der Waals surface area contributed by atoms with E-state index in [0.29, 0.717) is 50.2 Å². The maximum atomic E-state index is 13.3. The van der Waals surface area contributed by atoms with Gasteiger partial charge >= 0.3 is 0 Å². The Morgan fingerprint density at radius 2 is 0.648 bits per heavy atom. The minimum absolute atomic E-state index is 0.0295. The number of carbonyl (C=O) groups is 5. The summed E-state index contributed by atoms with van der Waals surface area (Å²) in [6.07, 6.45) is 0. The number of halogens is 7. The van der Waals surface area contributed by atoms with Gasteiger partial charge in [-0.3, -0.25) is 29.4 Å². The Kier molecular flexibility index (Phi) is 20.0. The Morgan fingerprint density at radius 1 is 0.366 bits per heavy atom. The summed E-state index contributed by atoms with van der Waals surface area (Å²) in [5.41, 5.74) is 12.2. The summed E-state index contributed by atoms with van der Waals surface area (Å²) in [6.45, 7) is 0. The number of nitrogens with two attached hydrogens (primary N) is 1. The second kappa shape index (κ2) is 26.5. The molecule has 71 heavy (non-hydrogen) atoms. The number of rotatable bonds is 11. The molecular formula is C55H36Cl2F5N3O5S. The van der Waals surface area contributed by atoms with Crippen LogP contribution in [0.25, 0.3) is 0 Å². The third kappa shape index (κ3) is 16.7. The summed E-state index contributed by atoms with van der Waals surface area (Å²) in [5, 5.41) is 2.96. The van der Waals surface area contributed by atoms with Gasteiger partial charge in [-0.2, -0.15) is 5.10 Å². The van der Waals surface area contributed by atoms with Gasteiger partial charge in [0.2, 0.25) is 0 Å². The molecular weight excluding hydrogens is 981 g/mol. The van der Waals surface area contributed by atoms with Crippen molar-refractivity contribution >= 4 is 74.1 Å². The highest BCUT2D eigenvalue weighted by atomic mass is 35.5. The van der Waals surface area contributed by atoms with Gasteiger partial charge in [-0.25, -0.2) is 22.0 Å².